The standard InChI is InChI=1S/C8H7F2IO4S/c9-8(10,16(12,13)14)5-15-7-3-1-2-6(11)4-7/h1-4H,5H2,(H,12,13,14). The van der Waals surface area contributed by atoms with Gasteiger partial charge in [0.05, 0.1) is 0 Å². The van der Waals surface area contributed by atoms with Crippen molar-refractivity contribution in [3.8, 4) is 5.75 Å². The molecule has 0 bridgehead atoms. The Morgan fingerprint density at radius 3 is 2.56 bits per heavy atom. The van der Waals surface area contributed by atoms with Crippen molar-refractivity contribution in [2.75, 3.05) is 6.61 Å². The van der Waals surface area contributed by atoms with Crippen LogP contribution in [-0.4, -0.2) is 24.8 Å². The molecule has 4 nitrogen and oxygen atoms in total. The molecule has 0 aliphatic heterocycles. The molecule has 0 fully saturated rings. The van der Waals surface area contributed by atoms with Gasteiger partial charge in [-0.2, -0.15) is 17.2 Å². The Morgan fingerprint density at radius 2 is 2.06 bits per heavy atom. The maximum atomic E-state index is 12.8. The molecule has 0 radical (unpaired) electrons. The van der Waals surface area contributed by atoms with E-state index in [0.717, 1.165) is 3.57 Å². The molecule has 8 heteroatoms. The van der Waals surface area contributed by atoms with Crippen LogP contribution in [0.4, 0.5) is 8.78 Å². The van der Waals surface area contributed by atoms with Gasteiger partial charge < -0.3 is 4.74 Å². The maximum Gasteiger partial charge on any atom is 0.402 e. The molecular weight excluding hydrogens is 357 g/mol. The summed E-state index contributed by atoms with van der Waals surface area (Å²) in [6.45, 7) is -1.42. The minimum Gasteiger partial charge on any atom is -0.486 e. The summed E-state index contributed by atoms with van der Waals surface area (Å²) in [5, 5.41) is -4.31. The van der Waals surface area contributed by atoms with E-state index in [1.165, 1.54) is 12.1 Å². The van der Waals surface area contributed by atoms with Crippen molar-refractivity contribution < 1.29 is 26.5 Å². The fraction of sp³-hybridized carbons (Fsp3) is 0.250. The van der Waals surface area contributed by atoms with Crippen molar-refractivity contribution in [3.63, 3.8) is 0 Å². The number of hydrogen-bond acceptors (Lipinski definition) is 3. The Morgan fingerprint density at radius 1 is 1.44 bits per heavy atom. The summed E-state index contributed by atoms with van der Waals surface area (Å²) in [5.41, 5.74) is 0. The monoisotopic (exact) mass is 364 g/mol. The van der Waals surface area contributed by atoms with Gasteiger partial charge in [-0.15, -0.1) is 0 Å². The van der Waals surface area contributed by atoms with Crippen molar-refractivity contribution in [2.45, 2.75) is 5.25 Å². The van der Waals surface area contributed by atoms with Gasteiger partial charge in [0.1, 0.15) is 5.75 Å². The van der Waals surface area contributed by atoms with E-state index in [2.05, 4.69) is 4.74 Å². The highest BCUT2D eigenvalue weighted by atomic mass is 127. The SMILES string of the molecule is O=S(=O)(O)C(F)(F)COc1cccc(I)c1. The third kappa shape index (κ3) is 3.52. The van der Waals surface area contributed by atoms with Crippen LogP contribution in [0.1, 0.15) is 0 Å². The molecule has 0 saturated heterocycles. The lowest BCUT2D eigenvalue weighted by Gasteiger charge is -2.13. The Labute approximate surface area is 104 Å². The zero-order valence-electron chi connectivity index (χ0n) is 7.73. The Hall–Kier alpha value is -0.480. The Bertz CT molecular complexity index is 475. The van der Waals surface area contributed by atoms with Crippen LogP contribution in [0, 0.1) is 3.57 Å². The fourth-order valence-corrected chi connectivity index (χ4v) is 1.52. The van der Waals surface area contributed by atoms with Crippen molar-refractivity contribution >= 4 is 32.7 Å². The van der Waals surface area contributed by atoms with E-state index in [1.807, 2.05) is 22.6 Å². The molecule has 1 rings (SSSR count). The average Bonchev–Trinajstić information content (AvgIpc) is 2.13. The predicted octanol–water partition coefficient (Wildman–Crippen LogP) is 2.15. The molecule has 0 aromatic heterocycles. The van der Waals surface area contributed by atoms with E-state index < -0.39 is 22.0 Å². The van der Waals surface area contributed by atoms with Crippen LogP contribution in [0.25, 0.3) is 0 Å². The van der Waals surface area contributed by atoms with Crippen molar-refractivity contribution in [2.24, 2.45) is 0 Å². The molecule has 0 aliphatic carbocycles. The number of rotatable bonds is 4. The minimum absolute atomic E-state index is 0.107. The Kier molecular flexibility index (Phi) is 4.07. The third-order valence-corrected chi connectivity index (χ3v) is 3.12. The first-order chi connectivity index (χ1) is 7.22. The molecule has 90 valence electrons. The zero-order valence-corrected chi connectivity index (χ0v) is 10.7. The van der Waals surface area contributed by atoms with Gasteiger partial charge in [-0.25, -0.2) is 0 Å². The predicted molar refractivity (Wildman–Crippen MR) is 61.1 cm³/mol. The van der Waals surface area contributed by atoms with Crippen molar-refractivity contribution in [3.05, 3.63) is 27.8 Å². The van der Waals surface area contributed by atoms with E-state index >= 15 is 0 Å². The fourth-order valence-electron chi connectivity index (χ4n) is 0.799. The first-order valence-corrected chi connectivity index (χ1v) is 6.47. The first kappa shape index (κ1) is 13.6. The van der Waals surface area contributed by atoms with Gasteiger partial charge in [0.2, 0.25) is 0 Å². The summed E-state index contributed by atoms with van der Waals surface area (Å²) in [5.74, 6) is 0.107. The van der Waals surface area contributed by atoms with Crippen LogP contribution in [0.5, 0.6) is 5.75 Å². The summed E-state index contributed by atoms with van der Waals surface area (Å²) < 4.78 is 59.6. The molecule has 0 atom stereocenters. The van der Waals surface area contributed by atoms with Gasteiger partial charge in [0, 0.05) is 3.57 Å². The quantitative estimate of drug-likeness (QED) is 0.657. The second-order valence-corrected chi connectivity index (χ2v) is 5.65. The first-order valence-electron chi connectivity index (χ1n) is 3.95. The number of ether oxygens (including phenoxy) is 1. The second kappa shape index (κ2) is 4.80. The average molecular weight is 364 g/mol. The highest BCUT2D eigenvalue weighted by Gasteiger charge is 2.45. The molecule has 0 amide bonds. The number of hydrogen-bond donors (Lipinski definition) is 1. The van der Waals surface area contributed by atoms with Crippen LogP contribution >= 0.6 is 22.6 Å². The maximum absolute atomic E-state index is 12.8. The van der Waals surface area contributed by atoms with Crippen molar-refractivity contribution in [1.29, 1.82) is 0 Å². The highest BCUT2D eigenvalue weighted by Crippen LogP contribution is 2.23. The van der Waals surface area contributed by atoms with Gasteiger partial charge in [0.15, 0.2) is 6.61 Å². The van der Waals surface area contributed by atoms with Gasteiger partial charge in [0.25, 0.3) is 0 Å². The summed E-state index contributed by atoms with van der Waals surface area (Å²) in [7, 11) is -5.44. The second-order valence-electron chi connectivity index (χ2n) is 2.86. The van der Waals surface area contributed by atoms with E-state index in [0.29, 0.717) is 0 Å². The van der Waals surface area contributed by atoms with Crippen LogP contribution < -0.4 is 4.74 Å². The molecule has 0 heterocycles. The topological polar surface area (TPSA) is 63.6 Å². The zero-order chi connectivity index (χ0) is 12.4. The molecule has 0 saturated carbocycles. The van der Waals surface area contributed by atoms with E-state index in [1.54, 1.807) is 12.1 Å². The number of benzene rings is 1. The number of alkyl halides is 2. The smallest absolute Gasteiger partial charge is 0.402 e. The van der Waals surface area contributed by atoms with Gasteiger partial charge >= 0.3 is 15.4 Å². The lowest BCUT2D eigenvalue weighted by Crippen LogP contribution is -2.34. The molecule has 0 spiro atoms. The van der Waals surface area contributed by atoms with E-state index in [9.17, 15) is 17.2 Å². The molecule has 1 N–H and O–H groups in total. The molecule has 1 aromatic carbocycles. The molecule has 1 aromatic rings. The molecular formula is C8H7F2IO4S. The lowest BCUT2D eigenvalue weighted by molar-refractivity contribution is 0.0288. The lowest BCUT2D eigenvalue weighted by atomic mass is 10.3. The summed E-state index contributed by atoms with van der Waals surface area (Å²) in [4.78, 5) is 0. The molecule has 0 unspecified atom stereocenters. The van der Waals surface area contributed by atoms with Crippen molar-refractivity contribution in [1.82, 2.24) is 0 Å². The third-order valence-electron chi connectivity index (χ3n) is 1.58. The normalized spacial score (nSPS) is 12.5. The van der Waals surface area contributed by atoms with Crippen LogP contribution in [0.15, 0.2) is 24.3 Å². The van der Waals surface area contributed by atoms with E-state index in [4.69, 9.17) is 4.55 Å². The Balaban J connectivity index is 2.72. The van der Waals surface area contributed by atoms with Crippen LogP contribution in [0.3, 0.4) is 0 Å². The summed E-state index contributed by atoms with van der Waals surface area (Å²) in [6, 6.07) is 6.15. The summed E-state index contributed by atoms with van der Waals surface area (Å²) >= 11 is 1.95. The number of halogens is 3. The minimum atomic E-state index is -5.44. The van der Waals surface area contributed by atoms with Crippen LogP contribution in [-0.2, 0) is 10.1 Å². The van der Waals surface area contributed by atoms with Gasteiger partial charge in [-0.3, -0.25) is 4.55 Å². The van der Waals surface area contributed by atoms with E-state index in [-0.39, 0.29) is 5.75 Å². The largest absolute Gasteiger partial charge is 0.486 e. The molecule has 0 aliphatic rings. The van der Waals surface area contributed by atoms with Gasteiger partial charge in [-0.05, 0) is 40.8 Å². The highest BCUT2D eigenvalue weighted by molar-refractivity contribution is 14.1. The van der Waals surface area contributed by atoms with Crippen LogP contribution in [0.2, 0.25) is 0 Å². The van der Waals surface area contributed by atoms with Gasteiger partial charge in [-0.1, -0.05) is 6.07 Å². The summed E-state index contributed by atoms with van der Waals surface area (Å²) in [6.07, 6.45) is 0. The molecule has 16 heavy (non-hydrogen) atoms.